The van der Waals surface area contributed by atoms with Crippen LogP contribution in [0.3, 0.4) is 0 Å². The summed E-state index contributed by atoms with van der Waals surface area (Å²) in [6.07, 6.45) is 0. The van der Waals surface area contributed by atoms with Crippen LogP contribution in [-0.4, -0.2) is 23.2 Å². The number of amides is 2. The molecule has 0 aliphatic carbocycles. The Hall–Kier alpha value is -1.94. The van der Waals surface area contributed by atoms with E-state index in [1.54, 1.807) is 0 Å². The summed E-state index contributed by atoms with van der Waals surface area (Å²) in [5.74, 6) is 0.983. The maximum atomic E-state index is 12.6. The molecule has 2 amide bonds. The fourth-order valence-corrected chi connectivity index (χ4v) is 4.26. The van der Waals surface area contributed by atoms with E-state index < -0.39 is 0 Å². The highest BCUT2D eigenvalue weighted by molar-refractivity contribution is 7.99. The molecule has 1 heterocycles. The van der Waals surface area contributed by atoms with Gasteiger partial charge in [0.1, 0.15) is 5.37 Å². The normalized spacial score (nSPS) is 17.3. The van der Waals surface area contributed by atoms with Crippen molar-refractivity contribution in [3.63, 3.8) is 0 Å². The average molecular weight is 326 g/mol. The van der Waals surface area contributed by atoms with Gasteiger partial charge in [0, 0.05) is 18.8 Å². The summed E-state index contributed by atoms with van der Waals surface area (Å²) in [6, 6.07) is 16.5. The van der Waals surface area contributed by atoms with Gasteiger partial charge in [-0.2, -0.15) is 0 Å². The Morgan fingerprint density at radius 1 is 1.22 bits per heavy atom. The zero-order chi connectivity index (χ0) is 16.2. The van der Waals surface area contributed by atoms with E-state index >= 15 is 0 Å². The molecule has 0 spiro atoms. The van der Waals surface area contributed by atoms with Crippen LogP contribution >= 0.6 is 11.8 Å². The van der Waals surface area contributed by atoms with Crippen LogP contribution in [0.15, 0.2) is 48.5 Å². The molecule has 0 radical (unpaired) electrons. The fraction of sp³-hybridized carbons (Fsp3) is 0.316. The van der Waals surface area contributed by atoms with Gasteiger partial charge in [-0.25, -0.2) is 4.79 Å². The third-order valence-corrected chi connectivity index (χ3v) is 5.37. The molecule has 0 bridgehead atoms. The number of hydrogen-bond donors (Lipinski definition) is 1. The highest BCUT2D eigenvalue weighted by Gasteiger charge is 2.31. The molecular formula is C19H22N2OS. The van der Waals surface area contributed by atoms with Gasteiger partial charge in [0.05, 0.1) is 0 Å². The smallest absolute Gasteiger partial charge is 0.318 e. The second-order valence-electron chi connectivity index (χ2n) is 5.92. The van der Waals surface area contributed by atoms with E-state index in [4.69, 9.17) is 0 Å². The number of hydrogen-bond acceptors (Lipinski definition) is 2. The lowest BCUT2D eigenvalue weighted by Crippen LogP contribution is -2.39. The number of carbonyl (C=O) groups excluding carboxylic acids is 1. The summed E-state index contributed by atoms with van der Waals surface area (Å²) in [6.45, 7) is 5.59. The van der Waals surface area contributed by atoms with E-state index in [1.165, 1.54) is 16.7 Å². The number of nitrogens with one attached hydrogen (secondary N) is 1. The predicted molar refractivity (Wildman–Crippen MR) is 96.5 cm³/mol. The molecule has 3 rings (SSSR count). The number of rotatable bonds is 3. The zero-order valence-electron chi connectivity index (χ0n) is 13.6. The summed E-state index contributed by atoms with van der Waals surface area (Å²) in [4.78, 5) is 14.5. The summed E-state index contributed by atoms with van der Waals surface area (Å²) >= 11 is 1.84. The van der Waals surface area contributed by atoms with Crippen molar-refractivity contribution in [2.24, 2.45) is 0 Å². The number of nitrogens with zero attached hydrogens (tertiary/aromatic N) is 1. The van der Waals surface area contributed by atoms with Gasteiger partial charge in [0.2, 0.25) is 0 Å². The molecule has 1 unspecified atom stereocenters. The highest BCUT2D eigenvalue weighted by atomic mass is 32.2. The van der Waals surface area contributed by atoms with Gasteiger partial charge in [0.25, 0.3) is 0 Å². The van der Waals surface area contributed by atoms with E-state index in [0.29, 0.717) is 6.54 Å². The van der Waals surface area contributed by atoms with Gasteiger partial charge in [-0.1, -0.05) is 54.1 Å². The fourth-order valence-electron chi connectivity index (χ4n) is 2.91. The van der Waals surface area contributed by atoms with Crippen LogP contribution in [0.2, 0.25) is 0 Å². The Balaban J connectivity index is 1.69. The Kier molecular flexibility index (Phi) is 4.91. The Morgan fingerprint density at radius 3 is 2.74 bits per heavy atom. The zero-order valence-corrected chi connectivity index (χ0v) is 14.4. The van der Waals surface area contributed by atoms with Crippen molar-refractivity contribution in [1.82, 2.24) is 10.2 Å². The van der Waals surface area contributed by atoms with Crippen molar-refractivity contribution in [1.29, 1.82) is 0 Å². The van der Waals surface area contributed by atoms with Crippen molar-refractivity contribution >= 4 is 17.8 Å². The number of benzene rings is 2. The van der Waals surface area contributed by atoms with Crippen molar-refractivity contribution in [3.8, 4) is 0 Å². The minimum Gasteiger partial charge on any atom is -0.334 e. The quantitative estimate of drug-likeness (QED) is 0.914. The number of carbonyl (C=O) groups is 1. The van der Waals surface area contributed by atoms with Crippen LogP contribution in [0.5, 0.6) is 0 Å². The number of urea groups is 1. The summed E-state index contributed by atoms with van der Waals surface area (Å²) < 4.78 is 0. The first-order chi connectivity index (χ1) is 11.1. The molecule has 0 saturated carbocycles. The lowest BCUT2D eigenvalue weighted by Gasteiger charge is -2.25. The van der Waals surface area contributed by atoms with Crippen molar-refractivity contribution in [3.05, 3.63) is 70.8 Å². The van der Waals surface area contributed by atoms with Gasteiger partial charge in [0.15, 0.2) is 0 Å². The summed E-state index contributed by atoms with van der Waals surface area (Å²) in [5, 5.41) is 3.16. The number of aryl methyl sites for hydroxylation is 2. The largest absolute Gasteiger partial charge is 0.334 e. The lowest BCUT2D eigenvalue weighted by atomic mass is 10.1. The van der Waals surface area contributed by atoms with Crippen LogP contribution in [0, 0.1) is 13.8 Å². The molecule has 1 N–H and O–H groups in total. The Bertz CT molecular complexity index is 687. The first-order valence-corrected chi connectivity index (χ1v) is 8.97. The molecule has 0 aromatic heterocycles. The molecule has 2 aromatic rings. The van der Waals surface area contributed by atoms with Crippen molar-refractivity contribution in [2.45, 2.75) is 25.8 Å². The van der Waals surface area contributed by atoms with E-state index in [9.17, 15) is 4.79 Å². The maximum absolute atomic E-state index is 12.6. The SMILES string of the molecule is Cc1ccc(C2SCCN2C(=O)NCc2ccccc2)c(C)c1. The monoisotopic (exact) mass is 326 g/mol. The molecule has 4 heteroatoms. The average Bonchev–Trinajstić information content (AvgIpc) is 3.03. The molecular weight excluding hydrogens is 304 g/mol. The second kappa shape index (κ2) is 7.09. The minimum atomic E-state index is 0.0174. The molecule has 1 fully saturated rings. The van der Waals surface area contributed by atoms with Crippen LogP contribution in [0.25, 0.3) is 0 Å². The lowest BCUT2D eigenvalue weighted by molar-refractivity contribution is 0.199. The van der Waals surface area contributed by atoms with Crippen molar-refractivity contribution < 1.29 is 4.79 Å². The van der Waals surface area contributed by atoms with Gasteiger partial charge in [-0.3, -0.25) is 0 Å². The summed E-state index contributed by atoms with van der Waals surface area (Å²) in [5.41, 5.74) is 4.88. The summed E-state index contributed by atoms with van der Waals surface area (Å²) in [7, 11) is 0. The standard InChI is InChI=1S/C19H22N2OS/c1-14-8-9-17(15(2)12-14)18-21(10-11-23-18)19(22)20-13-16-6-4-3-5-7-16/h3-9,12,18H,10-11,13H2,1-2H3,(H,20,22). The maximum Gasteiger partial charge on any atom is 0.318 e. The molecule has 1 atom stereocenters. The van der Waals surface area contributed by atoms with Crippen LogP contribution < -0.4 is 5.32 Å². The van der Waals surface area contributed by atoms with E-state index in [0.717, 1.165) is 17.9 Å². The predicted octanol–water partition coefficient (Wildman–Crippen LogP) is 4.26. The topological polar surface area (TPSA) is 32.3 Å². The van der Waals surface area contributed by atoms with Gasteiger partial charge in [-0.15, -0.1) is 11.8 Å². The third-order valence-electron chi connectivity index (χ3n) is 4.13. The molecule has 1 saturated heterocycles. The van der Waals surface area contributed by atoms with E-state index in [-0.39, 0.29) is 11.4 Å². The van der Waals surface area contributed by atoms with Gasteiger partial charge >= 0.3 is 6.03 Å². The Morgan fingerprint density at radius 2 is 2.00 bits per heavy atom. The Labute approximate surface area is 142 Å². The first-order valence-electron chi connectivity index (χ1n) is 7.92. The third kappa shape index (κ3) is 3.70. The van der Waals surface area contributed by atoms with Crippen LogP contribution in [-0.2, 0) is 6.54 Å². The molecule has 120 valence electrons. The van der Waals surface area contributed by atoms with Crippen LogP contribution in [0.1, 0.15) is 27.6 Å². The van der Waals surface area contributed by atoms with E-state index in [1.807, 2.05) is 47.0 Å². The first kappa shape index (κ1) is 15.9. The van der Waals surface area contributed by atoms with E-state index in [2.05, 4.69) is 37.4 Å². The van der Waals surface area contributed by atoms with Crippen molar-refractivity contribution in [2.75, 3.05) is 12.3 Å². The molecule has 3 nitrogen and oxygen atoms in total. The molecule has 2 aromatic carbocycles. The van der Waals surface area contributed by atoms with Gasteiger partial charge < -0.3 is 10.2 Å². The highest BCUT2D eigenvalue weighted by Crippen LogP contribution is 2.39. The van der Waals surface area contributed by atoms with Gasteiger partial charge in [-0.05, 0) is 30.5 Å². The van der Waals surface area contributed by atoms with Crippen LogP contribution in [0.4, 0.5) is 4.79 Å². The molecule has 1 aliphatic rings. The number of thioether (sulfide) groups is 1. The molecule has 1 aliphatic heterocycles. The molecule has 23 heavy (non-hydrogen) atoms. The minimum absolute atomic E-state index is 0.0174. The second-order valence-corrected chi connectivity index (χ2v) is 7.11.